The fourth-order valence-electron chi connectivity index (χ4n) is 2.17. The minimum atomic E-state index is 0.372. The maximum atomic E-state index is 5.88. The van der Waals surface area contributed by atoms with Gasteiger partial charge in [0.1, 0.15) is 11.6 Å². The quantitative estimate of drug-likeness (QED) is 0.605. The number of rotatable bonds is 2. The van der Waals surface area contributed by atoms with Crippen LogP contribution in [0.2, 0.25) is 0 Å². The van der Waals surface area contributed by atoms with Crippen LogP contribution >= 0.6 is 22.7 Å². The molecule has 0 unspecified atom stereocenters. The van der Waals surface area contributed by atoms with Crippen molar-refractivity contribution >= 4 is 48.8 Å². The van der Waals surface area contributed by atoms with Crippen molar-refractivity contribution in [1.82, 2.24) is 15.2 Å². The second-order valence-corrected chi connectivity index (χ2v) is 6.67. The molecule has 0 spiro atoms. The first-order valence-electron chi connectivity index (χ1n) is 6.25. The summed E-state index contributed by atoms with van der Waals surface area (Å²) in [5.41, 5.74) is 6.58. The molecule has 0 saturated carbocycles. The number of anilines is 1. The highest BCUT2D eigenvalue weighted by Crippen LogP contribution is 2.40. The molecular formula is C14H10N4OS2. The lowest BCUT2D eigenvalue weighted by molar-refractivity contribution is 0.461. The van der Waals surface area contributed by atoms with Gasteiger partial charge in [0, 0.05) is 17.5 Å². The third kappa shape index (κ3) is 2.10. The number of nitrogens with zero attached hydrogens (tertiary/aromatic N) is 3. The number of thiazole rings is 1. The van der Waals surface area contributed by atoms with Gasteiger partial charge in [-0.25, -0.2) is 4.98 Å². The average molecular weight is 314 g/mol. The highest BCUT2D eigenvalue weighted by atomic mass is 32.1. The summed E-state index contributed by atoms with van der Waals surface area (Å²) in [6.07, 6.45) is 0. The second kappa shape index (κ2) is 4.64. The van der Waals surface area contributed by atoms with Crippen LogP contribution in [-0.4, -0.2) is 15.2 Å². The summed E-state index contributed by atoms with van der Waals surface area (Å²) in [5.74, 6) is 1.57. The van der Waals surface area contributed by atoms with Crippen LogP contribution in [0.1, 0.15) is 5.01 Å². The van der Waals surface area contributed by atoms with Gasteiger partial charge in [0.2, 0.25) is 5.88 Å². The molecule has 21 heavy (non-hydrogen) atoms. The van der Waals surface area contributed by atoms with E-state index in [0.717, 1.165) is 31.1 Å². The summed E-state index contributed by atoms with van der Waals surface area (Å²) in [4.78, 5) is 4.60. The number of fused-ring (bicyclic) bond motifs is 3. The Morgan fingerprint density at radius 1 is 1.19 bits per heavy atom. The van der Waals surface area contributed by atoms with Gasteiger partial charge in [0.05, 0.1) is 19.9 Å². The van der Waals surface area contributed by atoms with E-state index in [1.165, 1.54) is 0 Å². The molecule has 0 bridgehead atoms. The van der Waals surface area contributed by atoms with Crippen molar-refractivity contribution in [1.29, 1.82) is 0 Å². The van der Waals surface area contributed by atoms with E-state index in [1.807, 2.05) is 24.4 Å². The van der Waals surface area contributed by atoms with Crippen LogP contribution in [-0.2, 0) is 0 Å². The highest BCUT2D eigenvalue weighted by Gasteiger charge is 2.13. The molecule has 0 fully saturated rings. The van der Waals surface area contributed by atoms with Crippen molar-refractivity contribution in [3.8, 4) is 11.6 Å². The van der Waals surface area contributed by atoms with Gasteiger partial charge in [0.25, 0.3) is 0 Å². The molecule has 7 heteroatoms. The Balaban J connectivity index is 1.89. The molecule has 0 amide bonds. The van der Waals surface area contributed by atoms with Gasteiger partial charge in [-0.05, 0) is 24.4 Å². The fraction of sp³-hybridized carbons (Fsp3) is 0.0714. The summed E-state index contributed by atoms with van der Waals surface area (Å²) in [5, 5.41) is 11.9. The molecule has 0 saturated heterocycles. The summed E-state index contributed by atoms with van der Waals surface area (Å²) in [7, 11) is 0. The lowest BCUT2D eigenvalue weighted by atomic mass is 10.2. The third-order valence-electron chi connectivity index (χ3n) is 3.04. The molecule has 0 aliphatic carbocycles. The molecule has 3 aromatic heterocycles. The van der Waals surface area contributed by atoms with E-state index in [2.05, 4.69) is 15.2 Å². The number of aryl methyl sites for hydroxylation is 1. The Kier molecular flexibility index (Phi) is 2.76. The number of thiophene rings is 1. The van der Waals surface area contributed by atoms with E-state index < -0.39 is 0 Å². The first kappa shape index (κ1) is 12.5. The van der Waals surface area contributed by atoms with Crippen LogP contribution in [0, 0.1) is 6.92 Å². The second-order valence-electron chi connectivity index (χ2n) is 4.52. The van der Waals surface area contributed by atoms with Crippen molar-refractivity contribution < 1.29 is 4.74 Å². The molecule has 0 aliphatic rings. The zero-order chi connectivity index (χ0) is 14.4. The van der Waals surface area contributed by atoms with Gasteiger partial charge in [-0.15, -0.1) is 32.9 Å². The number of aromatic nitrogens is 3. The summed E-state index contributed by atoms with van der Waals surface area (Å²) >= 11 is 3.32. The van der Waals surface area contributed by atoms with E-state index in [4.69, 9.17) is 10.5 Å². The molecule has 0 radical (unpaired) electrons. The Bertz CT molecular complexity index is 943. The van der Waals surface area contributed by atoms with Crippen molar-refractivity contribution in [2.24, 2.45) is 0 Å². The molecule has 1 aromatic carbocycles. The van der Waals surface area contributed by atoms with Crippen molar-refractivity contribution in [3.05, 3.63) is 34.7 Å². The van der Waals surface area contributed by atoms with Gasteiger partial charge in [0.15, 0.2) is 0 Å². The molecule has 3 heterocycles. The average Bonchev–Trinajstić information content (AvgIpc) is 3.07. The number of nitrogens with two attached hydrogens (primary N) is 1. The molecule has 0 aliphatic heterocycles. The van der Waals surface area contributed by atoms with Crippen molar-refractivity contribution in [2.75, 3.05) is 5.73 Å². The van der Waals surface area contributed by atoms with E-state index in [0.29, 0.717) is 11.7 Å². The Morgan fingerprint density at radius 2 is 2.10 bits per heavy atom. The van der Waals surface area contributed by atoms with E-state index in [-0.39, 0.29) is 0 Å². The van der Waals surface area contributed by atoms with Crippen molar-refractivity contribution in [3.63, 3.8) is 0 Å². The van der Waals surface area contributed by atoms with Crippen LogP contribution in [0.15, 0.2) is 29.6 Å². The smallest absolute Gasteiger partial charge is 0.239 e. The summed E-state index contributed by atoms with van der Waals surface area (Å²) < 4.78 is 8.13. The molecule has 0 atom stereocenters. The molecule has 104 valence electrons. The van der Waals surface area contributed by atoms with Crippen LogP contribution in [0.5, 0.6) is 11.6 Å². The zero-order valence-corrected chi connectivity index (χ0v) is 12.7. The number of hydrogen-bond donors (Lipinski definition) is 1. The molecular weight excluding hydrogens is 304 g/mol. The maximum absolute atomic E-state index is 5.88. The summed E-state index contributed by atoms with van der Waals surface area (Å²) in [6.45, 7) is 2.01. The molecule has 2 N–H and O–H groups in total. The largest absolute Gasteiger partial charge is 0.437 e. The van der Waals surface area contributed by atoms with Gasteiger partial charge < -0.3 is 10.5 Å². The Labute approximate surface area is 128 Å². The minimum absolute atomic E-state index is 0.372. The third-order valence-corrected chi connectivity index (χ3v) is 4.88. The predicted molar refractivity (Wildman–Crippen MR) is 86.3 cm³/mol. The van der Waals surface area contributed by atoms with Crippen LogP contribution in [0.3, 0.4) is 0 Å². The van der Waals surface area contributed by atoms with Crippen LogP contribution < -0.4 is 10.5 Å². The van der Waals surface area contributed by atoms with E-state index >= 15 is 0 Å². The van der Waals surface area contributed by atoms with Gasteiger partial charge in [-0.3, -0.25) is 0 Å². The molecule has 4 rings (SSSR count). The SMILES string of the molecule is Cc1nc2c(cc(Oc3ccc(N)nn3)c3ccsc32)s1. The first-order valence-corrected chi connectivity index (χ1v) is 7.95. The first-order chi connectivity index (χ1) is 10.2. The number of benzene rings is 1. The summed E-state index contributed by atoms with van der Waals surface area (Å²) in [6, 6.07) is 7.42. The number of hydrogen-bond acceptors (Lipinski definition) is 7. The predicted octanol–water partition coefficient (Wildman–Crippen LogP) is 3.98. The van der Waals surface area contributed by atoms with Gasteiger partial charge in [-0.1, -0.05) is 0 Å². The monoisotopic (exact) mass is 314 g/mol. The lowest BCUT2D eigenvalue weighted by Gasteiger charge is -2.06. The fourth-order valence-corrected chi connectivity index (χ4v) is 4.00. The Hall–Kier alpha value is -2.25. The minimum Gasteiger partial charge on any atom is -0.437 e. The van der Waals surface area contributed by atoms with Crippen LogP contribution in [0.4, 0.5) is 5.82 Å². The number of nitrogen functional groups attached to an aromatic ring is 1. The van der Waals surface area contributed by atoms with Gasteiger partial charge in [-0.2, -0.15) is 0 Å². The maximum Gasteiger partial charge on any atom is 0.239 e. The lowest BCUT2D eigenvalue weighted by Crippen LogP contribution is -1.95. The Morgan fingerprint density at radius 3 is 2.90 bits per heavy atom. The normalized spacial score (nSPS) is 11.3. The topological polar surface area (TPSA) is 73.9 Å². The van der Waals surface area contributed by atoms with E-state index in [1.54, 1.807) is 34.8 Å². The van der Waals surface area contributed by atoms with Gasteiger partial charge >= 0.3 is 0 Å². The standard InChI is InChI=1S/C14H10N4OS2/c1-7-16-13-10(21-7)6-9(8-4-5-20-14(8)13)19-12-3-2-11(15)17-18-12/h2-6H,1H3,(H2,15,17). The number of ether oxygens (including phenoxy) is 1. The molecule has 4 aromatic rings. The van der Waals surface area contributed by atoms with Crippen molar-refractivity contribution in [2.45, 2.75) is 6.92 Å². The highest BCUT2D eigenvalue weighted by molar-refractivity contribution is 7.21. The molecule has 5 nitrogen and oxygen atoms in total. The van der Waals surface area contributed by atoms with Crippen LogP contribution in [0.25, 0.3) is 20.3 Å². The zero-order valence-electron chi connectivity index (χ0n) is 11.0. The van der Waals surface area contributed by atoms with E-state index in [9.17, 15) is 0 Å².